The number of nitrogens with two attached hydrogens (primary N) is 1. The second kappa shape index (κ2) is 7.10. The van der Waals surface area contributed by atoms with E-state index in [9.17, 15) is 9.90 Å². The molecule has 3 N–H and O–H groups in total. The van der Waals surface area contributed by atoms with Crippen LogP contribution in [0.4, 0.5) is 0 Å². The number of unbranched alkanes of at least 4 members (excludes halogenated alkanes) is 2. The zero-order valence-corrected chi connectivity index (χ0v) is 12.7. The van der Waals surface area contributed by atoms with Crippen LogP contribution in [0.2, 0.25) is 0 Å². The molecule has 0 rings (SSSR count). The lowest BCUT2D eigenvalue weighted by Crippen LogP contribution is -2.64. The summed E-state index contributed by atoms with van der Waals surface area (Å²) in [5, 5.41) is 10.9. The third kappa shape index (κ3) is 4.94. The summed E-state index contributed by atoms with van der Waals surface area (Å²) in [6.07, 6.45) is 5.15. The highest BCUT2D eigenvalue weighted by Gasteiger charge is 2.47. The van der Waals surface area contributed by atoms with E-state index in [1.165, 1.54) is 0 Å². The van der Waals surface area contributed by atoms with Crippen LogP contribution < -0.4 is 5.73 Å². The van der Waals surface area contributed by atoms with Gasteiger partial charge < -0.3 is 15.3 Å². The van der Waals surface area contributed by atoms with Gasteiger partial charge in [0.15, 0.2) is 6.04 Å². The van der Waals surface area contributed by atoms with Crippen molar-refractivity contribution in [1.29, 1.82) is 0 Å². The smallest absolute Gasteiger partial charge is 0.278 e. The van der Waals surface area contributed by atoms with Gasteiger partial charge in [-0.05, 0) is 12.8 Å². The van der Waals surface area contributed by atoms with Crippen molar-refractivity contribution in [3.05, 3.63) is 0 Å². The Morgan fingerprint density at radius 3 is 1.78 bits per heavy atom. The van der Waals surface area contributed by atoms with Crippen LogP contribution in [-0.4, -0.2) is 48.3 Å². The normalized spacial score (nSPS) is 14.6. The Kier molecular flexibility index (Phi) is 6.86. The van der Waals surface area contributed by atoms with Gasteiger partial charge in [0.25, 0.3) is 5.91 Å². The standard InChI is InChI=1S/C14H30N2O2/c1-6-8-10-14(18,11-9-7-2)12(13(15)17)16(3,4)5/h12,18H,6-11H2,1-5H3,(H-,15,17)/p+1. The molecule has 0 radical (unpaired) electrons. The second-order valence-electron chi connectivity index (χ2n) is 6.23. The van der Waals surface area contributed by atoms with Gasteiger partial charge in [-0.3, -0.25) is 4.79 Å². The van der Waals surface area contributed by atoms with Gasteiger partial charge in [0.05, 0.1) is 21.1 Å². The third-order valence-electron chi connectivity index (χ3n) is 3.48. The zero-order chi connectivity index (χ0) is 14.4. The average molecular weight is 259 g/mol. The third-order valence-corrected chi connectivity index (χ3v) is 3.48. The number of likely N-dealkylation sites (N-methyl/N-ethyl adjacent to an activating group) is 1. The molecule has 1 amide bonds. The highest BCUT2D eigenvalue weighted by molar-refractivity contribution is 5.80. The van der Waals surface area contributed by atoms with Crippen LogP contribution in [0.25, 0.3) is 0 Å². The first-order valence-corrected chi connectivity index (χ1v) is 7.01. The predicted molar refractivity (Wildman–Crippen MR) is 75.0 cm³/mol. The lowest BCUT2D eigenvalue weighted by atomic mass is 9.82. The maximum Gasteiger partial charge on any atom is 0.278 e. The van der Waals surface area contributed by atoms with Gasteiger partial charge in [-0.1, -0.05) is 39.5 Å². The maximum absolute atomic E-state index is 11.8. The molecule has 0 aromatic heterocycles. The van der Waals surface area contributed by atoms with Crippen molar-refractivity contribution in [2.45, 2.75) is 64.0 Å². The Bertz CT molecular complexity index is 251. The number of primary amides is 1. The van der Waals surface area contributed by atoms with E-state index in [1.54, 1.807) is 0 Å². The number of amides is 1. The molecule has 0 fully saturated rings. The van der Waals surface area contributed by atoms with Crippen molar-refractivity contribution in [3.8, 4) is 0 Å². The van der Waals surface area contributed by atoms with E-state index in [2.05, 4.69) is 13.8 Å². The number of carbonyl (C=O) groups excluding carboxylic acids is 1. The summed E-state index contributed by atoms with van der Waals surface area (Å²) >= 11 is 0. The molecule has 4 nitrogen and oxygen atoms in total. The minimum atomic E-state index is -0.976. The SMILES string of the molecule is CCCCC(O)(CCCC)C(C(N)=O)[N+](C)(C)C. The number of carbonyl (C=O) groups is 1. The molecule has 4 heteroatoms. The van der Waals surface area contributed by atoms with Gasteiger partial charge in [-0.2, -0.15) is 0 Å². The van der Waals surface area contributed by atoms with E-state index in [0.717, 1.165) is 25.7 Å². The summed E-state index contributed by atoms with van der Waals surface area (Å²) in [5.41, 5.74) is 4.56. The van der Waals surface area contributed by atoms with E-state index in [-0.39, 0.29) is 0 Å². The molecule has 0 aliphatic carbocycles. The summed E-state index contributed by atoms with van der Waals surface area (Å²) in [5.74, 6) is -0.405. The molecule has 0 bridgehead atoms. The van der Waals surface area contributed by atoms with Gasteiger partial charge in [0.1, 0.15) is 5.60 Å². The predicted octanol–water partition coefficient (Wildman–Crippen LogP) is 1.66. The van der Waals surface area contributed by atoms with Crippen LogP contribution in [-0.2, 0) is 4.79 Å². The van der Waals surface area contributed by atoms with Crippen molar-refractivity contribution in [2.24, 2.45) is 5.73 Å². The van der Waals surface area contributed by atoms with Gasteiger partial charge in [-0.25, -0.2) is 0 Å². The first-order valence-electron chi connectivity index (χ1n) is 7.01. The number of hydrogen-bond acceptors (Lipinski definition) is 2. The maximum atomic E-state index is 11.8. The largest absolute Gasteiger partial charge is 0.383 e. The lowest BCUT2D eigenvalue weighted by molar-refractivity contribution is -0.894. The summed E-state index contributed by atoms with van der Waals surface area (Å²) in [6, 6.07) is -0.546. The topological polar surface area (TPSA) is 63.3 Å². The molecule has 0 heterocycles. The van der Waals surface area contributed by atoms with Crippen LogP contribution in [0.5, 0.6) is 0 Å². The van der Waals surface area contributed by atoms with E-state index < -0.39 is 17.6 Å². The Morgan fingerprint density at radius 2 is 1.56 bits per heavy atom. The molecule has 0 aromatic carbocycles. The number of nitrogens with zero attached hydrogens (tertiary/aromatic N) is 1. The lowest BCUT2D eigenvalue weighted by Gasteiger charge is -2.42. The molecule has 1 atom stereocenters. The molecule has 1 unspecified atom stereocenters. The fraction of sp³-hybridized carbons (Fsp3) is 0.929. The number of hydrogen-bond donors (Lipinski definition) is 2. The molecule has 0 saturated carbocycles. The highest BCUT2D eigenvalue weighted by atomic mass is 16.3. The van der Waals surface area contributed by atoms with Crippen molar-refractivity contribution in [1.82, 2.24) is 0 Å². The Hall–Kier alpha value is -0.610. The fourth-order valence-electron chi connectivity index (χ4n) is 2.73. The average Bonchev–Trinajstić information content (AvgIpc) is 2.21. The van der Waals surface area contributed by atoms with E-state index in [0.29, 0.717) is 17.3 Å². The van der Waals surface area contributed by atoms with Crippen molar-refractivity contribution in [3.63, 3.8) is 0 Å². The van der Waals surface area contributed by atoms with Crippen molar-refractivity contribution in [2.75, 3.05) is 21.1 Å². The number of rotatable bonds is 9. The molecule has 0 saturated heterocycles. The number of quaternary nitrogens is 1. The summed E-state index contributed by atoms with van der Waals surface area (Å²) < 4.78 is 0.374. The minimum absolute atomic E-state index is 0.374. The van der Waals surface area contributed by atoms with Crippen LogP contribution in [0.3, 0.4) is 0 Å². The minimum Gasteiger partial charge on any atom is -0.383 e. The van der Waals surface area contributed by atoms with Crippen LogP contribution in [0, 0.1) is 0 Å². The van der Waals surface area contributed by atoms with E-state index in [4.69, 9.17) is 5.73 Å². The van der Waals surface area contributed by atoms with Crippen LogP contribution >= 0.6 is 0 Å². The van der Waals surface area contributed by atoms with E-state index in [1.807, 2.05) is 21.1 Å². The van der Waals surface area contributed by atoms with Crippen molar-refractivity contribution < 1.29 is 14.4 Å². The molecule has 0 aromatic rings. The Balaban J connectivity index is 5.15. The quantitative estimate of drug-likeness (QED) is 0.619. The Morgan fingerprint density at radius 1 is 1.17 bits per heavy atom. The van der Waals surface area contributed by atoms with Crippen LogP contribution in [0.15, 0.2) is 0 Å². The van der Waals surface area contributed by atoms with Gasteiger partial charge in [0.2, 0.25) is 0 Å². The van der Waals surface area contributed by atoms with Gasteiger partial charge >= 0.3 is 0 Å². The van der Waals surface area contributed by atoms with Crippen molar-refractivity contribution >= 4 is 5.91 Å². The van der Waals surface area contributed by atoms with Crippen LogP contribution in [0.1, 0.15) is 52.4 Å². The highest BCUT2D eigenvalue weighted by Crippen LogP contribution is 2.30. The molecule has 18 heavy (non-hydrogen) atoms. The molecular weight excluding hydrogens is 228 g/mol. The molecule has 0 spiro atoms. The number of aliphatic hydroxyl groups is 1. The summed E-state index contributed by atoms with van der Waals surface area (Å²) in [7, 11) is 5.74. The molecule has 108 valence electrons. The van der Waals surface area contributed by atoms with Gasteiger partial charge in [0, 0.05) is 0 Å². The second-order valence-corrected chi connectivity index (χ2v) is 6.23. The molecular formula is C14H31N2O2+. The summed E-state index contributed by atoms with van der Waals surface area (Å²) in [4.78, 5) is 11.8. The van der Waals surface area contributed by atoms with E-state index >= 15 is 0 Å². The zero-order valence-electron chi connectivity index (χ0n) is 12.7. The molecule has 0 aliphatic rings. The first kappa shape index (κ1) is 17.4. The first-order chi connectivity index (χ1) is 8.19. The Labute approximate surface area is 112 Å². The molecule has 0 aliphatic heterocycles. The monoisotopic (exact) mass is 259 g/mol. The fourth-order valence-corrected chi connectivity index (χ4v) is 2.73. The van der Waals surface area contributed by atoms with Gasteiger partial charge in [-0.15, -0.1) is 0 Å². The summed E-state index contributed by atoms with van der Waals surface area (Å²) in [6.45, 7) is 4.18.